The van der Waals surface area contributed by atoms with Crippen molar-refractivity contribution in [1.29, 1.82) is 0 Å². The zero-order valence-electron chi connectivity index (χ0n) is 15.5. The monoisotopic (exact) mass is 436 g/mol. The van der Waals surface area contributed by atoms with Crippen LogP contribution in [0.1, 0.15) is 10.4 Å². The number of nitrogens with zero attached hydrogens (tertiary/aromatic N) is 1. The molecule has 1 atom stereocenters. The topological polar surface area (TPSA) is 77.0 Å². The lowest BCUT2D eigenvalue weighted by Crippen LogP contribution is -2.08. The summed E-state index contributed by atoms with van der Waals surface area (Å²) in [4.78, 5) is 17.3. The van der Waals surface area contributed by atoms with Gasteiger partial charge in [-0.3, -0.25) is 9.79 Å². The summed E-state index contributed by atoms with van der Waals surface area (Å²) in [5.74, 6) is 2.41. The average Bonchev–Trinajstić information content (AvgIpc) is 3.25. The molecule has 0 radical (unpaired) electrons. The summed E-state index contributed by atoms with van der Waals surface area (Å²) in [6.07, 6.45) is 0. The lowest BCUT2D eigenvalue weighted by atomic mass is 10.1. The fourth-order valence-electron chi connectivity index (χ4n) is 2.47. The van der Waals surface area contributed by atoms with Crippen LogP contribution in [0.15, 0.2) is 52.4 Å². The molecule has 6 nitrogen and oxygen atoms in total. The van der Waals surface area contributed by atoms with Gasteiger partial charge in [0.15, 0.2) is 17.3 Å². The van der Waals surface area contributed by atoms with E-state index in [4.69, 9.17) is 9.47 Å². The number of carbonyl (C=O) groups is 1. The molecule has 1 heterocycles. The highest BCUT2D eigenvalue weighted by Gasteiger charge is 2.14. The summed E-state index contributed by atoms with van der Waals surface area (Å²) in [7, 11) is 1.57. The number of ether oxygens (including phenoxy) is 2. The van der Waals surface area contributed by atoms with E-state index in [-0.39, 0.29) is 5.78 Å². The molecule has 1 unspecified atom stereocenters. The molecule has 0 bridgehead atoms. The Labute approximate surface area is 175 Å². The third-order valence-corrected chi connectivity index (χ3v) is 7.20. The molecular formula is C19H20N2O4S3. The predicted molar refractivity (Wildman–Crippen MR) is 118 cm³/mol. The maximum Gasteiger partial charge on any atom is 0.173 e. The van der Waals surface area contributed by atoms with Crippen LogP contribution in [0, 0.1) is 0 Å². The Hall–Kier alpha value is -1.97. The number of hydrogen-bond acceptors (Lipinski definition) is 7. The molecular weight excluding hydrogens is 416 g/mol. The molecule has 1 N–H and O–H groups in total. The standard InChI is InChI=1S/C19H20N2O4S3/c1-24-17-7-6-15(11-18(17)25-2)28(23)21-14-5-3-4-13(10-14)16(22)12-27-19-20-8-9-26-19/h3-7,10-11,21H,8-9,12H2,1-2H3. The first-order valence-corrected chi connectivity index (χ1v) is 11.6. The van der Waals surface area contributed by atoms with Crippen LogP contribution in [0.4, 0.5) is 5.69 Å². The number of hydrogen-bond donors (Lipinski definition) is 1. The van der Waals surface area contributed by atoms with Gasteiger partial charge in [0.2, 0.25) is 0 Å². The van der Waals surface area contributed by atoms with Gasteiger partial charge in [-0.2, -0.15) is 0 Å². The first-order chi connectivity index (χ1) is 13.6. The van der Waals surface area contributed by atoms with Gasteiger partial charge in [0, 0.05) is 23.1 Å². The van der Waals surface area contributed by atoms with Crippen LogP contribution in [-0.2, 0) is 11.0 Å². The molecule has 0 amide bonds. The number of rotatable bonds is 8. The maximum atomic E-state index is 12.7. The van der Waals surface area contributed by atoms with E-state index in [1.165, 1.54) is 18.9 Å². The first-order valence-electron chi connectivity index (χ1n) is 8.44. The fourth-order valence-corrected chi connectivity index (χ4v) is 5.24. The Balaban J connectivity index is 1.66. The molecule has 0 saturated heterocycles. The summed E-state index contributed by atoms with van der Waals surface area (Å²) in [5.41, 5.74) is 1.18. The molecule has 2 aromatic carbocycles. The second kappa shape index (κ2) is 9.99. The molecule has 1 aliphatic rings. The minimum Gasteiger partial charge on any atom is -0.493 e. The predicted octanol–water partition coefficient (Wildman–Crippen LogP) is 3.86. The second-order valence-corrected chi connectivity index (χ2v) is 9.20. The van der Waals surface area contributed by atoms with Crippen molar-refractivity contribution in [2.24, 2.45) is 4.99 Å². The van der Waals surface area contributed by atoms with Crippen molar-refractivity contribution in [1.82, 2.24) is 0 Å². The highest BCUT2D eigenvalue weighted by Crippen LogP contribution is 2.29. The van der Waals surface area contributed by atoms with Gasteiger partial charge in [0.05, 0.1) is 31.4 Å². The lowest BCUT2D eigenvalue weighted by molar-refractivity contribution is 0.102. The second-order valence-electron chi connectivity index (χ2n) is 5.68. The number of carbonyl (C=O) groups excluding carboxylic acids is 1. The number of thioether (sulfide) groups is 2. The number of Topliss-reactive ketones (excluding diaryl/α,β-unsaturated/α-hetero) is 1. The van der Waals surface area contributed by atoms with E-state index >= 15 is 0 Å². The molecule has 9 heteroatoms. The number of anilines is 1. The number of benzene rings is 2. The Bertz CT molecular complexity index is 918. The number of nitrogens with one attached hydrogen (secondary N) is 1. The van der Waals surface area contributed by atoms with Crippen molar-refractivity contribution in [3.63, 3.8) is 0 Å². The van der Waals surface area contributed by atoms with Gasteiger partial charge in [0.25, 0.3) is 0 Å². The summed E-state index contributed by atoms with van der Waals surface area (Å²) in [6.45, 7) is 0.822. The van der Waals surface area contributed by atoms with Crippen LogP contribution in [0.3, 0.4) is 0 Å². The van der Waals surface area contributed by atoms with Gasteiger partial charge in [0.1, 0.15) is 15.4 Å². The van der Waals surface area contributed by atoms with E-state index < -0.39 is 11.0 Å². The lowest BCUT2D eigenvalue weighted by Gasteiger charge is -2.11. The zero-order chi connectivity index (χ0) is 19.9. The fraction of sp³-hybridized carbons (Fsp3) is 0.263. The molecule has 0 saturated carbocycles. The Morgan fingerprint density at radius 3 is 2.75 bits per heavy atom. The molecule has 0 aliphatic carbocycles. The van der Waals surface area contributed by atoms with Crippen molar-refractivity contribution in [2.45, 2.75) is 4.90 Å². The van der Waals surface area contributed by atoms with Crippen molar-refractivity contribution in [3.05, 3.63) is 48.0 Å². The summed E-state index contributed by atoms with van der Waals surface area (Å²) in [6, 6.07) is 12.1. The van der Waals surface area contributed by atoms with Crippen molar-refractivity contribution in [2.75, 3.05) is 37.0 Å². The van der Waals surface area contributed by atoms with E-state index in [2.05, 4.69) is 9.71 Å². The molecule has 148 valence electrons. The Morgan fingerprint density at radius 2 is 2.04 bits per heavy atom. The third-order valence-electron chi connectivity index (χ3n) is 3.85. The van der Waals surface area contributed by atoms with E-state index in [9.17, 15) is 9.00 Å². The molecule has 0 fully saturated rings. The SMILES string of the molecule is COc1ccc(S(=O)Nc2cccc(C(=O)CSC3=NCCS3)c2)cc1OC. The molecule has 3 rings (SSSR count). The van der Waals surface area contributed by atoms with Crippen LogP contribution in [0.25, 0.3) is 0 Å². The largest absolute Gasteiger partial charge is 0.493 e. The minimum absolute atomic E-state index is 0.0146. The number of aliphatic imine (C=N–C) groups is 1. The normalized spacial score (nSPS) is 14.3. The number of methoxy groups -OCH3 is 2. The molecule has 2 aromatic rings. The summed E-state index contributed by atoms with van der Waals surface area (Å²) < 4.78 is 27.0. The van der Waals surface area contributed by atoms with E-state index in [1.54, 1.807) is 61.3 Å². The third kappa shape index (κ3) is 5.30. The zero-order valence-corrected chi connectivity index (χ0v) is 17.9. The van der Waals surface area contributed by atoms with Crippen molar-refractivity contribution < 1.29 is 18.5 Å². The Kier molecular flexibility index (Phi) is 7.41. The van der Waals surface area contributed by atoms with Crippen molar-refractivity contribution in [3.8, 4) is 11.5 Å². The summed E-state index contributed by atoms with van der Waals surface area (Å²) >= 11 is 3.15. The van der Waals surface area contributed by atoms with Gasteiger partial charge in [-0.05, 0) is 24.3 Å². The van der Waals surface area contributed by atoms with Gasteiger partial charge in [-0.15, -0.1) is 0 Å². The van der Waals surface area contributed by atoms with Gasteiger partial charge in [-0.1, -0.05) is 35.7 Å². The van der Waals surface area contributed by atoms with Gasteiger partial charge in [-0.25, -0.2) is 4.21 Å². The van der Waals surface area contributed by atoms with Crippen LogP contribution >= 0.6 is 23.5 Å². The van der Waals surface area contributed by atoms with E-state index in [0.29, 0.717) is 33.4 Å². The highest BCUT2D eigenvalue weighted by molar-refractivity contribution is 8.39. The average molecular weight is 437 g/mol. The van der Waals surface area contributed by atoms with Crippen LogP contribution < -0.4 is 14.2 Å². The minimum atomic E-state index is -1.51. The van der Waals surface area contributed by atoms with Gasteiger partial charge >= 0.3 is 0 Å². The van der Waals surface area contributed by atoms with E-state index in [1.807, 2.05) is 0 Å². The molecule has 1 aliphatic heterocycles. The van der Waals surface area contributed by atoms with Crippen LogP contribution in [0.5, 0.6) is 11.5 Å². The molecule has 0 spiro atoms. The van der Waals surface area contributed by atoms with Gasteiger partial charge < -0.3 is 14.2 Å². The quantitative estimate of drug-likeness (QED) is 0.633. The Morgan fingerprint density at radius 1 is 1.21 bits per heavy atom. The summed E-state index contributed by atoms with van der Waals surface area (Å²) in [5, 5.41) is 0. The van der Waals surface area contributed by atoms with E-state index in [0.717, 1.165) is 16.7 Å². The van der Waals surface area contributed by atoms with Crippen molar-refractivity contribution >= 4 is 50.4 Å². The van der Waals surface area contributed by atoms with Crippen LogP contribution in [0.2, 0.25) is 0 Å². The maximum absolute atomic E-state index is 12.7. The highest BCUT2D eigenvalue weighted by atomic mass is 32.2. The number of ketones is 1. The first kappa shape index (κ1) is 20.8. The molecule has 0 aromatic heterocycles. The van der Waals surface area contributed by atoms with Crippen LogP contribution in [-0.4, -0.2) is 46.6 Å². The molecule has 28 heavy (non-hydrogen) atoms. The smallest absolute Gasteiger partial charge is 0.173 e.